The van der Waals surface area contributed by atoms with Crippen LogP contribution in [0.5, 0.6) is 0 Å². The van der Waals surface area contributed by atoms with E-state index in [4.69, 9.17) is 5.11 Å². The number of anilines is 1. The van der Waals surface area contributed by atoms with Gasteiger partial charge < -0.3 is 10.4 Å². The number of nitrogens with zero attached hydrogens (tertiary/aromatic N) is 2. The average Bonchev–Trinajstić information content (AvgIpc) is 2.53. The highest BCUT2D eigenvalue weighted by molar-refractivity contribution is 7.09. The number of nitrogens with one attached hydrogen (secondary N) is 1. The van der Waals surface area contributed by atoms with Crippen molar-refractivity contribution < 1.29 is 5.11 Å². The Labute approximate surface area is 88.6 Å². The number of hydrogen-bond acceptors (Lipinski definition) is 5. The molecule has 2 N–H and O–H groups in total. The molecule has 0 radical (unpaired) electrons. The molecule has 0 atom stereocenters. The molecule has 1 rings (SSSR count). The lowest BCUT2D eigenvalue weighted by Gasteiger charge is -2.22. The standard InChI is InChI=1S/C9H17N3OS/c1-4-5-7-10-8(14-12-7)11-9(2,3)6-13/h13H,4-6H2,1-3H3,(H,10,11,12). The van der Waals surface area contributed by atoms with E-state index in [1.54, 1.807) is 0 Å². The van der Waals surface area contributed by atoms with E-state index in [-0.39, 0.29) is 12.1 Å². The van der Waals surface area contributed by atoms with Gasteiger partial charge in [-0.25, -0.2) is 4.98 Å². The zero-order valence-corrected chi connectivity index (χ0v) is 9.69. The summed E-state index contributed by atoms with van der Waals surface area (Å²) < 4.78 is 4.21. The fourth-order valence-corrected chi connectivity index (χ4v) is 1.75. The normalized spacial score (nSPS) is 11.7. The molecule has 14 heavy (non-hydrogen) atoms. The third-order valence-corrected chi connectivity index (χ3v) is 2.45. The van der Waals surface area contributed by atoms with Crippen LogP contribution >= 0.6 is 11.5 Å². The Morgan fingerprint density at radius 3 is 2.79 bits per heavy atom. The van der Waals surface area contributed by atoms with Crippen LogP contribution in [0.15, 0.2) is 0 Å². The summed E-state index contributed by atoms with van der Waals surface area (Å²) in [6, 6.07) is 0. The van der Waals surface area contributed by atoms with Crippen LogP contribution in [0.1, 0.15) is 33.0 Å². The molecule has 0 unspecified atom stereocenters. The molecule has 0 aliphatic carbocycles. The summed E-state index contributed by atoms with van der Waals surface area (Å²) in [4.78, 5) is 4.32. The van der Waals surface area contributed by atoms with Gasteiger partial charge >= 0.3 is 0 Å². The Bertz CT molecular complexity index is 285. The molecule has 0 fully saturated rings. The zero-order valence-electron chi connectivity index (χ0n) is 8.87. The molecule has 1 aromatic rings. The first-order valence-electron chi connectivity index (χ1n) is 4.79. The van der Waals surface area contributed by atoms with Crippen molar-refractivity contribution in [1.29, 1.82) is 0 Å². The first-order valence-corrected chi connectivity index (χ1v) is 5.56. The van der Waals surface area contributed by atoms with E-state index in [1.807, 2.05) is 13.8 Å². The average molecular weight is 215 g/mol. The minimum absolute atomic E-state index is 0.0791. The van der Waals surface area contributed by atoms with Crippen molar-refractivity contribution in [3.8, 4) is 0 Å². The molecule has 1 heterocycles. The predicted octanol–water partition coefficient (Wildman–Crippen LogP) is 1.67. The van der Waals surface area contributed by atoms with Gasteiger partial charge in [0.15, 0.2) is 0 Å². The lowest BCUT2D eigenvalue weighted by Crippen LogP contribution is -2.34. The molecule has 1 aromatic heterocycles. The van der Waals surface area contributed by atoms with Crippen LogP contribution < -0.4 is 5.32 Å². The lowest BCUT2D eigenvalue weighted by molar-refractivity contribution is 0.234. The quantitative estimate of drug-likeness (QED) is 0.784. The molecule has 4 nitrogen and oxygen atoms in total. The Hall–Kier alpha value is -0.680. The minimum atomic E-state index is -0.330. The Balaban J connectivity index is 2.59. The van der Waals surface area contributed by atoms with Gasteiger partial charge in [0.05, 0.1) is 12.1 Å². The predicted molar refractivity (Wildman–Crippen MR) is 58.7 cm³/mol. The molecular formula is C9H17N3OS. The van der Waals surface area contributed by atoms with Crippen molar-refractivity contribution in [2.45, 2.75) is 39.2 Å². The van der Waals surface area contributed by atoms with E-state index < -0.39 is 0 Å². The van der Waals surface area contributed by atoms with E-state index in [0.717, 1.165) is 23.8 Å². The van der Waals surface area contributed by atoms with Crippen LogP contribution in [0.3, 0.4) is 0 Å². The van der Waals surface area contributed by atoms with Crippen LogP contribution in [-0.2, 0) is 6.42 Å². The molecule has 0 aliphatic heterocycles. The van der Waals surface area contributed by atoms with Gasteiger partial charge in [-0.1, -0.05) is 6.92 Å². The van der Waals surface area contributed by atoms with E-state index in [2.05, 4.69) is 21.6 Å². The van der Waals surface area contributed by atoms with Crippen LogP contribution in [0, 0.1) is 0 Å². The summed E-state index contributed by atoms with van der Waals surface area (Å²) in [5.41, 5.74) is -0.330. The Morgan fingerprint density at radius 2 is 2.21 bits per heavy atom. The Morgan fingerprint density at radius 1 is 1.50 bits per heavy atom. The van der Waals surface area contributed by atoms with E-state index >= 15 is 0 Å². The van der Waals surface area contributed by atoms with Gasteiger partial charge in [-0.05, 0) is 20.3 Å². The molecule has 0 saturated carbocycles. The largest absolute Gasteiger partial charge is 0.394 e. The van der Waals surface area contributed by atoms with E-state index in [0.29, 0.717) is 0 Å². The molecule has 0 aliphatic rings. The molecule has 5 heteroatoms. The number of aliphatic hydroxyl groups excluding tert-OH is 1. The first kappa shape index (κ1) is 11.4. The van der Waals surface area contributed by atoms with Crippen LogP contribution in [-0.4, -0.2) is 26.6 Å². The van der Waals surface area contributed by atoms with E-state index in [9.17, 15) is 0 Å². The summed E-state index contributed by atoms with van der Waals surface area (Å²) in [5, 5.41) is 13.0. The lowest BCUT2D eigenvalue weighted by atomic mass is 10.1. The SMILES string of the molecule is CCCc1nsc(NC(C)(C)CO)n1. The smallest absolute Gasteiger partial charge is 0.203 e. The van der Waals surface area contributed by atoms with Crippen LogP contribution in [0.25, 0.3) is 0 Å². The van der Waals surface area contributed by atoms with Gasteiger partial charge in [-0.2, -0.15) is 4.37 Å². The third-order valence-electron chi connectivity index (χ3n) is 1.78. The van der Waals surface area contributed by atoms with E-state index in [1.165, 1.54) is 11.5 Å². The molecule has 0 amide bonds. The second-order valence-electron chi connectivity index (χ2n) is 3.93. The summed E-state index contributed by atoms with van der Waals surface area (Å²) in [6.07, 6.45) is 1.97. The zero-order chi connectivity index (χ0) is 10.6. The highest BCUT2D eigenvalue weighted by atomic mass is 32.1. The van der Waals surface area contributed by atoms with Crippen molar-refractivity contribution in [1.82, 2.24) is 9.36 Å². The second kappa shape index (κ2) is 4.70. The minimum Gasteiger partial charge on any atom is -0.394 e. The maximum atomic E-state index is 9.06. The van der Waals surface area contributed by atoms with Crippen molar-refractivity contribution in [3.05, 3.63) is 5.82 Å². The number of aliphatic hydroxyl groups is 1. The maximum Gasteiger partial charge on any atom is 0.203 e. The highest BCUT2D eigenvalue weighted by Gasteiger charge is 2.17. The molecule has 80 valence electrons. The number of rotatable bonds is 5. The third kappa shape index (κ3) is 3.23. The van der Waals surface area contributed by atoms with Crippen molar-refractivity contribution in [2.24, 2.45) is 0 Å². The number of hydrogen-bond donors (Lipinski definition) is 2. The fourth-order valence-electron chi connectivity index (χ4n) is 0.959. The van der Waals surface area contributed by atoms with Gasteiger partial charge in [0.25, 0.3) is 0 Å². The fraction of sp³-hybridized carbons (Fsp3) is 0.778. The van der Waals surface area contributed by atoms with Crippen LogP contribution in [0.4, 0.5) is 5.13 Å². The maximum absolute atomic E-state index is 9.06. The summed E-state index contributed by atoms with van der Waals surface area (Å²) in [7, 11) is 0. The van der Waals surface area contributed by atoms with Crippen molar-refractivity contribution >= 4 is 16.7 Å². The molecular weight excluding hydrogens is 198 g/mol. The number of aryl methyl sites for hydroxylation is 1. The Kier molecular flexibility index (Phi) is 3.83. The second-order valence-corrected chi connectivity index (χ2v) is 4.68. The van der Waals surface area contributed by atoms with Gasteiger partial charge in [0, 0.05) is 18.0 Å². The van der Waals surface area contributed by atoms with Gasteiger partial charge in [0.2, 0.25) is 5.13 Å². The molecule has 0 aromatic carbocycles. The van der Waals surface area contributed by atoms with Gasteiger partial charge in [-0.15, -0.1) is 0 Å². The number of aromatic nitrogens is 2. The van der Waals surface area contributed by atoms with Crippen molar-refractivity contribution in [3.63, 3.8) is 0 Å². The highest BCUT2D eigenvalue weighted by Crippen LogP contribution is 2.17. The van der Waals surface area contributed by atoms with Gasteiger partial charge in [-0.3, -0.25) is 0 Å². The van der Waals surface area contributed by atoms with Gasteiger partial charge in [0.1, 0.15) is 5.82 Å². The topological polar surface area (TPSA) is 58.0 Å². The molecule has 0 bridgehead atoms. The molecule has 0 saturated heterocycles. The first-order chi connectivity index (χ1) is 6.57. The summed E-state index contributed by atoms with van der Waals surface area (Å²) in [6.45, 7) is 6.03. The monoisotopic (exact) mass is 215 g/mol. The summed E-state index contributed by atoms with van der Waals surface area (Å²) in [5.74, 6) is 0.883. The van der Waals surface area contributed by atoms with Crippen molar-refractivity contribution in [2.75, 3.05) is 11.9 Å². The van der Waals surface area contributed by atoms with Crippen LogP contribution in [0.2, 0.25) is 0 Å². The molecule has 0 spiro atoms. The summed E-state index contributed by atoms with van der Waals surface area (Å²) >= 11 is 1.35.